The number of aliphatic hydroxyl groups is 5. The summed E-state index contributed by atoms with van der Waals surface area (Å²) in [6.07, 6.45) is 35.0. The highest BCUT2D eigenvalue weighted by Gasteiger charge is 2.44. The number of nitrogens with one attached hydrogen (secondary N) is 1. The van der Waals surface area contributed by atoms with Gasteiger partial charge in [-0.15, -0.1) is 0 Å². The number of aliphatic hydroxyl groups excluding tert-OH is 5. The molecule has 7 atom stereocenters. The van der Waals surface area contributed by atoms with E-state index in [2.05, 4.69) is 92.1 Å². The largest absolute Gasteiger partial charge is 0.394 e. The van der Waals surface area contributed by atoms with Crippen LogP contribution in [-0.4, -0.2) is 87.5 Å². The van der Waals surface area contributed by atoms with E-state index in [-0.39, 0.29) is 12.5 Å². The van der Waals surface area contributed by atoms with Crippen LogP contribution in [0.5, 0.6) is 0 Å². The van der Waals surface area contributed by atoms with E-state index in [0.29, 0.717) is 12.8 Å². The van der Waals surface area contributed by atoms with E-state index in [0.717, 1.165) is 83.5 Å². The van der Waals surface area contributed by atoms with Crippen LogP contribution >= 0.6 is 0 Å². The van der Waals surface area contributed by atoms with Gasteiger partial charge in [-0.2, -0.15) is 0 Å². The highest BCUT2D eigenvalue weighted by molar-refractivity contribution is 5.76. The zero-order chi connectivity index (χ0) is 36.7. The number of carbonyl (C=O) groups excluding carboxylic acids is 1. The van der Waals surface area contributed by atoms with Crippen molar-refractivity contribution in [1.82, 2.24) is 5.32 Å². The molecular formula is C41H67NO8. The summed E-state index contributed by atoms with van der Waals surface area (Å²) in [6.45, 7) is 3.50. The minimum absolute atomic E-state index is 0.221. The van der Waals surface area contributed by atoms with Crippen molar-refractivity contribution in [3.05, 3.63) is 85.1 Å². The van der Waals surface area contributed by atoms with Crippen molar-refractivity contribution in [3.63, 3.8) is 0 Å². The number of carbonyl (C=O) groups is 1. The second-order valence-corrected chi connectivity index (χ2v) is 12.6. The number of ether oxygens (including phenoxy) is 2. The predicted molar refractivity (Wildman–Crippen MR) is 202 cm³/mol. The lowest BCUT2D eigenvalue weighted by Crippen LogP contribution is -2.60. The van der Waals surface area contributed by atoms with Crippen LogP contribution in [-0.2, 0) is 14.3 Å². The van der Waals surface area contributed by atoms with E-state index >= 15 is 0 Å². The fraction of sp³-hybridized carbons (Fsp3) is 0.634. The molecule has 1 heterocycles. The highest BCUT2D eigenvalue weighted by atomic mass is 16.7. The molecule has 1 saturated heterocycles. The number of hydrogen-bond donors (Lipinski definition) is 6. The first-order valence-corrected chi connectivity index (χ1v) is 18.8. The molecule has 0 aliphatic carbocycles. The van der Waals surface area contributed by atoms with Gasteiger partial charge in [-0.3, -0.25) is 4.79 Å². The molecule has 0 radical (unpaired) electrons. The lowest BCUT2D eigenvalue weighted by molar-refractivity contribution is -0.302. The van der Waals surface area contributed by atoms with Crippen molar-refractivity contribution >= 4 is 5.91 Å². The van der Waals surface area contributed by atoms with Gasteiger partial charge in [0, 0.05) is 6.42 Å². The molecule has 0 bridgehead atoms. The number of amides is 1. The summed E-state index contributed by atoms with van der Waals surface area (Å²) in [5, 5.41) is 53.7. The van der Waals surface area contributed by atoms with E-state index in [4.69, 9.17) is 9.47 Å². The zero-order valence-corrected chi connectivity index (χ0v) is 30.6. The topological polar surface area (TPSA) is 149 Å². The maximum absolute atomic E-state index is 12.8. The van der Waals surface area contributed by atoms with Crippen molar-refractivity contribution < 1.29 is 39.8 Å². The molecule has 0 aromatic heterocycles. The quantitative estimate of drug-likeness (QED) is 0.0404. The van der Waals surface area contributed by atoms with Gasteiger partial charge in [0.15, 0.2) is 6.29 Å². The van der Waals surface area contributed by atoms with Crippen molar-refractivity contribution in [2.45, 2.75) is 153 Å². The van der Waals surface area contributed by atoms with Gasteiger partial charge >= 0.3 is 0 Å². The van der Waals surface area contributed by atoms with Gasteiger partial charge in [0.05, 0.1) is 25.4 Å². The summed E-state index contributed by atoms with van der Waals surface area (Å²) in [6, 6.07) is -0.840. The maximum Gasteiger partial charge on any atom is 0.220 e. The Kier molecular flexibility index (Phi) is 28.3. The minimum Gasteiger partial charge on any atom is -0.394 e. The van der Waals surface area contributed by atoms with Crippen LogP contribution in [0.15, 0.2) is 85.1 Å². The number of rotatable bonds is 28. The molecule has 50 heavy (non-hydrogen) atoms. The minimum atomic E-state index is -1.58. The normalized spacial score (nSPS) is 23.2. The molecule has 284 valence electrons. The lowest BCUT2D eigenvalue weighted by Gasteiger charge is -2.40. The molecule has 1 fully saturated rings. The molecule has 6 N–H and O–H groups in total. The van der Waals surface area contributed by atoms with Crippen LogP contribution in [0.1, 0.15) is 110 Å². The van der Waals surface area contributed by atoms with E-state index in [1.165, 1.54) is 0 Å². The molecule has 0 spiro atoms. The molecule has 0 saturated carbocycles. The maximum atomic E-state index is 12.8. The van der Waals surface area contributed by atoms with Crippen molar-refractivity contribution in [2.24, 2.45) is 0 Å². The first kappa shape index (κ1) is 45.4. The van der Waals surface area contributed by atoms with Crippen LogP contribution in [0.2, 0.25) is 0 Å². The standard InChI is InChI=1S/C41H67NO8/c1-3-5-7-9-11-13-14-15-16-17-18-19-20-21-22-23-25-27-29-31-37(45)42-34(35(44)30-28-26-24-12-10-8-6-4-2)33-49-41-40(48)39(47)38(46)36(32-43)50-41/h5,7,10-13,15-16,18-19,21-22,28,30,34-36,38-41,43-44,46-48H,3-4,6,8-9,14,17,20,23-27,29,31-33H2,1-2H3,(H,42,45)/b7-5-,12-10+,13-11-,16-15-,19-18-,22-21-,30-28+. The third-order valence-electron chi connectivity index (χ3n) is 8.20. The second-order valence-electron chi connectivity index (χ2n) is 12.6. The van der Waals surface area contributed by atoms with Gasteiger partial charge in [-0.1, -0.05) is 118 Å². The summed E-state index contributed by atoms with van der Waals surface area (Å²) < 4.78 is 11.1. The van der Waals surface area contributed by atoms with Crippen LogP contribution in [0.4, 0.5) is 0 Å². The summed E-state index contributed by atoms with van der Waals surface area (Å²) in [4.78, 5) is 12.8. The van der Waals surface area contributed by atoms with Gasteiger partial charge in [-0.25, -0.2) is 0 Å². The molecule has 1 aliphatic rings. The Balaban J connectivity index is 2.44. The molecule has 9 heteroatoms. The third kappa shape index (κ3) is 22.2. The Hall–Kier alpha value is -2.63. The van der Waals surface area contributed by atoms with Crippen LogP contribution in [0.3, 0.4) is 0 Å². The SMILES string of the molecule is CC/C=C\C/C=C\C/C=C\C/C=C\C/C=C\CCCCCC(=O)NC(COC1OC(CO)C(O)C(O)C1O)C(O)/C=C/CC/C=C/CCCC. The Bertz CT molecular complexity index is 1050. The molecule has 1 rings (SSSR count). The Labute approximate surface area is 301 Å². The molecule has 0 aromatic rings. The van der Waals surface area contributed by atoms with Crippen LogP contribution in [0, 0.1) is 0 Å². The highest BCUT2D eigenvalue weighted by Crippen LogP contribution is 2.22. The molecule has 0 aromatic carbocycles. The van der Waals surface area contributed by atoms with Gasteiger partial charge in [0.2, 0.25) is 5.91 Å². The fourth-order valence-electron chi connectivity index (χ4n) is 5.12. The first-order valence-electron chi connectivity index (χ1n) is 18.8. The first-order chi connectivity index (χ1) is 24.3. The lowest BCUT2D eigenvalue weighted by atomic mass is 9.99. The van der Waals surface area contributed by atoms with Gasteiger partial charge in [-0.05, 0) is 70.6 Å². The molecular weight excluding hydrogens is 634 g/mol. The van der Waals surface area contributed by atoms with Crippen molar-refractivity contribution in [3.8, 4) is 0 Å². The van der Waals surface area contributed by atoms with Gasteiger partial charge in [0.1, 0.15) is 24.4 Å². The molecule has 1 amide bonds. The summed E-state index contributed by atoms with van der Waals surface area (Å²) in [7, 11) is 0. The molecule has 1 aliphatic heterocycles. The third-order valence-corrected chi connectivity index (χ3v) is 8.20. The summed E-state index contributed by atoms with van der Waals surface area (Å²) >= 11 is 0. The molecule has 7 unspecified atom stereocenters. The number of allylic oxidation sites excluding steroid dienone is 13. The summed E-state index contributed by atoms with van der Waals surface area (Å²) in [5.41, 5.74) is 0. The Morgan fingerprint density at radius 2 is 1.26 bits per heavy atom. The monoisotopic (exact) mass is 701 g/mol. The Morgan fingerprint density at radius 1 is 0.700 bits per heavy atom. The zero-order valence-electron chi connectivity index (χ0n) is 30.6. The second kappa shape index (κ2) is 31.1. The average molecular weight is 702 g/mol. The van der Waals surface area contributed by atoms with E-state index < -0.39 is 49.5 Å². The Morgan fingerprint density at radius 3 is 1.88 bits per heavy atom. The van der Waals surface area contributed by atoms with E-state index in [1.807, 2.05) is 6.08 Å². The average Bonchev–Trinajstić information content (AvgIpc) is 3.11. The van der Waals surface area contributed by atoms with Crippen LogP contribution < -0.4 is 5.32 Å². The number of hydrogen-bond acceptors (Lipinski definition) is 8. The van der Waals surface area contributed by atoms with Crippen LogP contribution in [0.25, 0.3) is 0 Å². The van der Waals surface area contributed by atoms with E-state index in [9.17, 15) is 30.3 Å². The van der Waals surface area contributed by atoms with E-state index in [1.54, 1.807) is 6.08 Å². The van der Waals surface area contributed by atoms with Gasteiger partial charge < -0.3 is 40.3 Å². The molecule has 9 nitrogen and oxygen atoms in total. The van der Waals surface area contributed by atoms with Gasteiger partial charge in [0.25, 0.3) is 0 Å². The fourth-order valence-corrected chi connectivity index (χ4v) is 5.12. The number of unbranched alkanes of at least 4 members (excludes halogenated alkanes) is 6. The van der Waals surface area contributed by atoms with Crippen molar-refractivity contribution in [2.75, 3.05) is 13.2 Å². The van der Waals surface area contributed by atoms with Crippen molar-refractivity contribution in [1.29, 1.82) is 0 Å². The predicted octanol–water partition coefficient (Wildman–Crippen LogP) is 6.43. The summed E-state index contributed by atoms with van der Waals surface area (Å²) in [5.74, 6) is -0.228. The smallest absolute Gasteiger partial charge is 0.220 e.